The Balaban J connectivity index is 1.52. The second-order valence-electron chi connectivity index (χ2n) is 8.49. The maximum absolute atomic E-state index is 13.2. The molecular weight excluding hydrogens is 344 g/mol. The van der Waals surface area contributed by atoms with E-state index in [0.717, 1.165) is 18.8 Å². The lowest BCUT2D eigenvalue weighted by molar-refractivity contribution is -0.142. The summed E-state index contributed by atoms with van der Waals surface area (Å²) in [5, 5.41) is 0. The number of fused-ring (bicyclic) bond motifs is 1. The van der Waals surface area contributed by atoms with Crippen LogP contribution in [-0.2, 0) is 27.9 Å². The fourth-order valence-electron chi connectivity index (χ4n) is 4.56. The SMILES string of the molecule is CC(C)CCN1C[C@]23C=C[C@H](O2)C(C(=O)N(C)Cc2nccn2C)C3C1=O. The Hall–Kier alpha value is -2.15. The smallest absolute Gasteiger partial charge is 0.230 e. The minimum Gasteiger partial charge on any atom is -0.360 e. The van der Waals surface area contributed by atoms with Crippen LogP contribution in [0.3, 0.4) is 0 Å². The van der Waals surface area contributed by atoms with Crippen LogP contribution in [0, 0.1) is 17.8 Å². The third-order valence-electron chi connectivity index (χ3n) is 6.12. The van der Waals surface area contributed by atoms with Gasteiger partial charge < -0.3 is 19.1 Å². The molecule has 0 aliphatic carbocycles. The molecule has 0 radical (unpaired) electrons. The van der Waals surface area contributed by atoms with Crippen LogP contribution in [0.2, 0.25) is 0 Å². The Bertz CT molecular complexity index is 786. The summed E-state index contributed by atoms with van der Waals surface area (Å²) in [5.74, 6) is 0.513. The Morgan fingerprint density at radius 1 is 1.48 bits per heavy atom. The monoisotopic (exact) mass is 372 g/mol. The van der Waals surface area contributed by atoms with Gasteiger partial charge in [0.25, 0.3) is 0 Å². The number of aryl methyl sites for hydroxylation is 1. The predicted molar refractivity (Wildman–Crippen MR) is 99.4 cm³/mol. The summed E-state index contributed by atoms with van der Waals surface area (Å²) >= 11 is 0. The number of aromatic nitrogens is 2. The minimum absolute atomic E-state index is 0.0433. The van der Waals surface area contributed by atoms with Gasteiger partial charge in [0.2, 0.25) is 11.8 Å². The Kier molecular flexibility index (Phi) is 4.37. The average molecular weight is 372 g/mol. The molecule has 4 rings (SSSR count). The quantitative estimate of drug-likeness (QED) is 0.704. The molecular formula is C20H28N4O3. The number of hydrogen-bond acceptors (Lipinski definition) is 4. The lowest BCUT2D eigenvalue weighted by Crippen LogP contribution is -2.44. The molecule has 0 saturated carbocycles. The summed E-state index contributed by atoms with van der Waals surface area (Å²) < 4.78 is 8.09. The number of rotatable bonds is 6. The largest absolute Gasteiger partial charge is 0.360 e. The third kappa shape index (κ3) is 2.88. The van der Waals surface area contributed by atoms with Crippen LogP contribution in [0.5, 0.6) is 0 Å². The zero-order chi connectivity index (χ0) is 19.3. The molecule has 7 heteroatoms. The van der Waals surface area contributed by atoms with Gasteiger partial charge in [-0.25, -0.2) is 4.98 Å². The Morgan fingerprint density at radius 2 is 2.26 bits per heavy atom. The van der Waals surface area contributed by atoms with E-state index in [1.54, 1.807) is 18.1 Å². The highest BCUT2D eigenvalue weighted by molar-refractivity contribution is 5.92. The number of imidazole rings is 1. The zero-order valence-electron chi connectivity index (χ0n) is 16.5. The number of carbonyl (C=O) groups excluding carboxylic acids is 2. The van der Waals surface area contributed by atoms with Gasteiger partial charge in [-0.2, -0.15) is 0 Å². The average Bonchev–Trinajstić information content (AvgIpc) is 3.35. The van der Waals surface area contributed by atoms with Crippen molar-refractivity contribution in [3.8, 4) is 0 Å². The number of likely N-dealkylation sites (tertiary alicyclic amines) is 1. The Morgan fingerprint density at radius 3 is 2.93 bits per heavy atom. The standard InChI is InChI=1S/C20H28N4O3/c1-13(2)6-9-24-12-20-7-5-14(27-20)16(17(20)19(24)26)18(25)23(4)11-15-21-8-10-22(15)3/h5,7-8,10,13-14,16-17H,6,9,11-12H2,1-4H3/t14-,16?,17?,20-/m0/s1. The van der Waals surface area contributed by atoms with Crippen molar-refractivity contribution in [2.75, 3.05) is 20.1 Å². The number of amides is 2. The number of nitrogens with zero attached hydrogens (tertiary/aromatic N) is 4. The van der Waals surface area contributed by atoms with Crippen LogP contribution in [0.15, 0.2) is 24.5 Å². The molecule has 1 aromatic heterocycles. The molecule has 4 heterocycles. The van der Waals surface area contributed by atoms with Crippen molar-refractivity contribution in [3.63, 3.8) is 0 Å². The second kappa shape index (κ2) is 6.48. The predicted octanol–water partition coefficient (Wildman–Crippen LogP) is 1.21. The summed E-state index contributed by atoms with van der Waals surface area (Å²) in [6.07, 6.45) is 8.21. The maximum atomic E-state index is 13.2. The van der Waals surface area contributed by atoms with Gasteiger partial charge in [0.05, 0.1) is 31.0 Å². The number of ether oxygens (including phenoxy) is 1. The first-order valence-corrected chi connectivity index (χ1v) is 9.69. The molecule has 2 unspecified atom stereocenters. The molecule has 2 bridgehead atoms. The van der Waals surface area contributed by atoms with Crippen LogP contribution in [0.25, 0.3) is 0 Å². The summed E-state index contributed by atoms with van der Waals surface area (Å²) in [4.78, 5) is 34.2. The maximum Gasteiger partial charge on any atom is 0.230 e. The molecule has 4 atom stereocenters. The van der Waals surface area contributed by atoms with E-state index in [1.165, 1.54) is 0 Å². The van der Waals surface area contributed by atoms with Gasteiger partial charge in [0.15, 0.2) is 0 Å². The van der Waals surface area contributed by atoms with Crippen LogP contribution >= 0.6 is 0 Å². The van der Waals surface area contributed by atoms with Gasteiger partial charge in [0.1, 0.15) is 11.4 Å². The van der Waals surface area contributed by atoms with Crippen molar-refractivity contribution in [1.29, 1.82) is 0 Å². The zero-order valence-corrected chi connectivity index (χ0v) is 16.5. The van der Waals surface area contributed by atoms with E-state index >= 15 is 0 Å². The molecule has 3 aliphatic rings. The van der Waals surface area contributed by atoms with Crippen molar-refractivity contribution in [2.24, 2.45) is 24.8 Å². The van der Waals surface area contributed by atoms with Gasteiger partial charge in [-0.15, -0.1) is 0 Å². The molecule has 146 valence electrons. The van der Waals surface area contributed by atoms with E-state index in [0.29, 0.717) is 19.0 Å². The van der Waals surface area contributed by atoms with Crippen molar-refractivity contribution >= 4 is 11.8 Å². The first-order chi connectivity index (χ1) is 12.8. The summed E-state index contributed by atoms with van der Waals surface area (Å²) in [6.45, 7) is 6.01. The van der Waals surface area contributed by atoms with Crippen LogP contribution in [0.4, 0.5) is 0 Å². The van der Waals surface area contributed by atoms with Gasteiger partial charge in [-0.1, -0.05) is 26.0 Å². The Labute approximate surface area is 160 Å². The molecule has 7 nitrogen and oxygen atoms in total. The molecule has 0 aromatic carbocycles. The van der Waals surface area contributed by atoms with Crippen molar-refractivity contribution in [2.45, 2.75) is 38.5 Å². The van der Waals surface area contributed by atoms with E-state index in [9.17, 15) is 9.59 Å². The molecule has 2 saturated heterocycles. The van der Waals surface area contributed by atoms with Gasteiger partial charge in [-0.05, 0) is 12.3 Å². The summed E-state index contributed by atoms with van der Waals surface area (Å²) in [6, 6.07) is 0. The fourth-order valence-corrected chi connectivity index (χ4v) is 4.56. The topological polar surface area (TPSA) is 67.7 Å². The number of carbonyl (C=O) groups is 2. The highest BCUT2D eigenvalue weighted by atomic mass is 16.5. The summed E-state index contributed by atoms with van der Waals surface area (Å²) in [7, 11) is 3.68. The normalized spacial score (nSPS) is 31.2. The lowest BCUT2D eigenvalue weighted by atomic mass is 9.76. The molecule has 0 N–H and O–H groups in total. The molecule has 3 aliphatic heterocycles. The number of hydrogen-bond donors (Lipinski definition) is 0. The van der Waals surface area contributed by atoms with E-state index in [1.807, 2.05) is 34.9 Å². The molecule has 1 aromatic rings. The highest BCUT2D eigenvalue weighted by Gasteiger charge is 2.66. The minimum atomic E-state index is -0.622. The van der Waals surface area contributed by atoms with Gasteiger partial charge >= 0.3 is 0 Å². The van der Waals surface area contributed by atoms with Gasteiger partial charge in [0, 0.05) is 33.0 Å². The van der Waals surface area contributed by atoms with Gasteiger partial charge in [-0.3, -0.25) is 9.59 Å². The van der Waals surface area contributed by atoms with Crippen molar-refractivity contribution in [1.82, 2.24) is 19.4 Å². The first kappa shape index (κ1) is 18.2. The second-order valence-corrected chi connectivity index (χ2v) is 8.49. The third-order valence-corrected chi connectivity index (χ3v) is 6.12. The van der Waals surface area contributed by atoms with Crippen LogP contribution in [-0.4, -0.2) is 63.0 Å². The van der Waals surface area contributed by atoms with E-state index in [4.69, 9.17) is 4.74 Å². The van der Waals surface area contributed by atoms with E-state index in [-0.39, 0.29) is 17.9 Å². The molecule has 27 heavy (non-hydrogen) atoms. The summed E-state index contributed by atoms with van der Waals surface area (Å²) in [5.41, 5.74) is -0.622. The van der Waals surface area contributed by atoms with Crippen LogP contribution in [0.1, 0.15) is 26.1 Å². The molecule has 2 amide bonds. The van der Waals surface area contributed by atoms with Crippen LogP contribution < -0.4 is 0 Å². The van der Waals surface area contributed by atoms with E-state index < -0.39 is 17.4 Å². The van der Waals surface area contributed by atoms with Crippen molar-refractivity contribution < 1.29 is 14.3 Å². The highest BCUT2D eigenvalue weighted by Crippen LogP contribution is 2.52. The first-order valence-electron chi connectivity index (χ1n) is 9.69. The molecule has 2 fully saturated rings. The fraction of sp³-hybridized carbons (Fsp3) is 0.650. The van der Waals surface area contributed by atoms with E-state index in [2.05, 4.69) is 18.8 Å². The van der Waals surface area contributed by atoms with Crippen molar-refractivity contribution in [3.05, 3.63) is 30.4 Å². The molecule has 1 spiro atoms. The lowest BCUT2D eigenvalue weighted by Gasteiger charge is -2.27.